The second-order valence-corrected chi connectivity index (χ2v) is 6.24. The van der Waals surface area contributed by atoms with Gasteiger partial charge in [-0.25, -0.2) is 9.18 Å². The van der Waals surface area contributed by atoms with E-state index in [2.05, 4.69) is 4.74 Å². The van der Waals surface area contributed by atoms with Crippen molar-refractivity contribution in [2.24, 2.45) is 5.92 Å². The summed E-state index contributed by atoms with van der Waals surface area (Å²) in [7, 11) is 1.24. The van der Waals surface area contributed by atoms with E-state index in [1.165, 1.54) is 19.2 Å². The fourth-order valence-corrected chi connectivity index (χ4v) is 3.35. The summed E-state index contributed by atoms with van der Waals surface area (Å²) in [5.74, 6) is -1.38. The van der Waals surface area contributed by atoms with Crippen LogP contribution < -0.4 is 0 Å². The molecule has 0 bridgehead atoms. The average Bonchev–Trinajstić information content (AvgIpc) is 2.67. The van der Waals surface area contributed by atoms with Crippen molar-refractivity contribution < 1.29 is 23.8 Å². The van der Waals surface area contributed by atoms with Gasteiger partial charge in [-0.2, -0.15) is 0 Å². The van der Waals surface area contributed by atoms with Crippen LogP contribution in [0.25, 0.3) is 10.8 Å². The van der Waals surface area contributed by atoms with Gasteiger partial charge in [0.05, 0.1) is 7.11 Å². The van der Waals surface area contributed by atoms with E-state index in [4.69, 9.17) is 0 Å². The Morgan fingerprint density at radius 3 is 2.44 bits per heavy atom. The number of ether oxygens (including phenoxy) is 1. The van der Waals surface area contributed by atoms with Gasteiger partial charge in [-0.15, -0.1) is 0 Å². The van der Waals surface area contributed by atoms with Crippen LogP contribution in [-0.2, 0) is 9.53 Å². The molecule has 0 saturated carbocycles. The number of likely N-dealkylation sites (tertiary alicyclic amines) is 1. The Balaban J connectivity index is 1.76. The second-order valence-electron chi connectivity index (χ2n) is 6.24. The highest BCUT2D eigenvalue weighted by Gasteiger charge is 2.32. The topological polar surface area (TPSA) is 66.8 Å². The first kappa shape index (κ1) is 17.4. The summed E-state index contributed by atoms with van der Waals surface area (Å²) in [6, 6.07) is 9.72. The van der Waals surface area contributed by atoms with E-state index in [9.17, 15) is 19.1 Å². The Morgan fingerprint density at radius 2 is 1.80 bits per heavy atom. The molecule has 5 nitrogen and oxygen atoms in total. The molecule has 0 spiro atoms. The number of methoxy groups -OCH3 is 1. The highest BCUT2D eigenvalue weighted by atomic mass is 19.1. The van der Waals surface area contributed by atoms with Crippen molar-refractivity contribution in [3.05, 3.63) is 47.8 Å². The lowest BCUT2D eigenvalue weighted by molar-refractivity contribution is -0.154. The van der Waals surface area contributed by atoms with E-state index in [0.29, 0.717) is 42.3 Å². The molecule has 1 N–H and O–H groups in total. The number of hydrogen-bond donors (Lipinski definition) is 1. The molecule has 1 atom stereocenters. The second kappa shape index (κ2) is 7.19. The Kier molecular flexibility index (Phi) is 4.99. The molecular formula is C19H20FNO4. The zero-order valence-corrected chi connectivity index (χ0v) is 13.9. The number of esters is 1. The molecule has 0 aliphatic carbocycles. The van der Waals surface area contributed by atoms with Crippen molar-refractivity contribution in [1.82, 2.24) is 4.90 Å². The first-order valence-electron chi connectivity index (χ1n) is 8.25. The standard InChI is InChI=1S/C19H20FNO4/c1-25-19(24)17(22)12-8-10-21(11-9-12)18(23)15-6-7-16(20)14-5-3-2-4-13(14)15/h2-7,12,17,22H,8-11H2,1H3. The summed E-state index contributed by atoms with van der Waals surface area (Å²) in [6.45, 7) is 0.868. The number of carbonyl (C=O) groups is 2. The molecule has 132 valence electrons. The van der Waals surface area contributed by atoms with Crippen LogP contribution in [-0.4, -0.2) is 48.2 Å². The van der Waals surface area contributed by atoms with Gasteiger partial charge in [-0.1, -0.05) is 24.3 Å². The fraction of sp³-hybridized carbons (Fsp3) is 0.368. The fourth-order valence-electron chi connectivity index (χ4n) is 3.35. The monoisotopic (exact) mass is 345 g/mol. The maximum atomic E-state index is 13.9. The number of piperidine rings is 1. The average molecular weight is 345 g/mol. The minimum atomic E-state index is -1.16. The van der Waals surface area contributed by atoms with Crippen LogP contribution >= 0.6 is 0 Å². The van der Waals surface area contributed by atoms with Crippen LogP contribution in [0.5, 0.6) is 0 Å². The molecule has 1 heterocycles. The van der Waals surface area contributed by atoms with Crippen molar-refractivity contribution >= 4 is 22.6 Å². The Bertz CT molecular complexity index is 799. The number of fused-ring (bicyclic) bond motifs is 1. The molecule has 1 saturated heterocycles. The van der Waals surface area contributed by atoms with Gasteiger partial charge in [0.15, 0.2) is 6.10 Å². The van der Waals surface area contributed by atoms with Crippen LogP contribution in [0.1, 0.15) is 23.2 Å². The summed E-state index contributed by atoms with van der Waals surface area (Å²) in [4.78, 5) is 26.0. The Hall–Kier alpha value is -2.47. The molecule has 1 aliphatic heterocycles. The SMILES string of the molecule is COC(=O)C(O)C1CCN(C(=O)c2ccc(F)c3ccccc23)CC1. The lowest BCUT2D eigenvalue weighted by atomic mass is 9.90. The highest BCUT2D eigenvalue weighted by molar-refractivity contribution is 6.07. The van der Waals surface area contributed by atoms with Gasteiger partial charge in [0.2, 0.25) is 0 Å². The molecule has 1 unspecified atom stereocenters. The Labute approximate surface area is 145 Å². The minimum Gasteiger partial charge on any atom is -0.467 e. The van der Waals surface area contributed by atoms with Crippen LogP contribution in [0, 0.1) is 11.7 Å². The third-order valence-corrected chi connectivity index (χ3v) is 4.82. The number of benzene rings is 2. The van der Waals surface area contributed by atoms with Crippen molar-refractivity contribution in [2.75, 3.05) is 20.2 Å². The normalized spacial score (nSPS) is 16.7. The quantitative estimate of drug-likeness (QED) is 0.868. The molecule has 6 heteroatoms. The third-order valence-electron chi connectivity index (χ3n) is 4.82. The molecule has 2 aromatic rings. The highest BCUT2D eigenvalue weighted by Crippen LogP contribution is 2.26. The Morgan fingerprint density at radius 1 is 1.16 bits per heavy atom. The number of amides is 1. The van der Waals surface area contributed by atoms with Crippen LogP contribution in [0.15, 0.2) is 36.4 Å². The van der Waals surface area contributed by atoms with Crippen LogP contribution in [0.4, 0.5) is 4.39 Å². The van der Waals surface area contributed by atoms with Gasteiger partial charge < -0.3 is 14.7 Å². The molecule has 1 fully saturated rings. The first-order chi connectivity index (χ1) is 12.0. The van der Waals surface area contributed by atoms with Gasteiger partial charge >= 0.3 is 5.97 Å². The van der Waals surface area contributed by atoms with Crippen molar-refractivity contribution in [2.45, 2.75) is 18.9 Å². The number of rotatable bonds is 3. The zero-order chi connectivity index (χ0) is 18.0. The van der Waals surface area contributed by atoms with Crippen LogP contribution in [0.3, 0.4) is 0 Å². The largest absolute Gasteiger partial charge is 0.467 e. The number of hydrogen-bond acceptors (Lipinski definition) is 4. The van der Waals surface area contributed by atoms with E-state index in [1.54, 1.807) is 29.2 Å². The van der Waals surface area contributed by atoms with Gasteiger partial charge in [0.25, 0.3) is 5.91 Å². The maximum absolute atomic E-state index is 13.9. The summed E-state index contributed by atoms with van der Waals surface area (Å²) < 4.78 is 18.5. The number of nitrogens with zero attached hydrogens (tertiary/aromatic N) is 1. The molecule has 25 heavy (non-hydrogen) atoms. The summed E-state index contributed by atoms with van der Waals surface area (Å²) >= 11 is 0. The summed E-state index contributed by atoms with van der Waals surface area (Å²) in [5.41, 5.74) is 0.462. The molecule has 0 aromatic heterocycles. The number of halogens is 1. The van der Waals surface area contributed by atoms with Gasteiger partial charge in [0, 0.05) is 24.0 Å². The smallest absolute Gasteiger partial charge is 0.334 e. The number of aliphatic hydroxyl groups excluding tert-OH is 1. The summed E-state index contributed by atoms with van der Waals surface area (Å²) in [6.07, 6.45) is -0.128. The van der Waals surface area contributed by atoms with E-state index in [-0.39, 0.29) is 17.6 Å². The van der Waals surface area contributed by atoms with E-state index >= 15 is 0 Å². The zero-order valence-electron chi connectivity index (χ0n) is 13.9. The lowest BCUT2D eigenvalue weighted by Gasteiger charge is -2.33. The molecule has 1 aliphatic rings. The minimum absolute atomic E-state index is 0.165. The molecule has 1 amide bonds. The molecule has 3 rings (SSSR count). The maximum Gasteiger partial charge on any atom is 0.334 e. The van der Waals surface area contributed by atoms with Gasteiger partial charge in [-0.05, 0) is 36.3 Å². The first-order valence-corrected chi connectivity index (χ1v) is 8.25. The van der Waals surface area contributed by atoms with Crippen molar-refractivity contribution in [1.29, 1.82) is 0 Å². The molecular weight excluding hydrogens is 325 g/mol. The van der Waals surface area contributed by atoms with Gasteiger partial charge in [-0.3, -0.25) is 4.79 Å². The predicted octanol–water partition coefficient (Wildman–Crippen LogP) is 2.37. The van der Waals surface area contributed by atoms with Crippen LogP contribution in [0.2, 0.25) is 0 Å². The van der Waals surface area contributed by atoms with E-state index in [0.717, 1.165) is 0 Å². The number of carbonyl (C=O) groups excluding carboxylic acids is 2. The van der Waals surface area contributed by atoms with E-state index < -0.39 is 12.1 Å². The third kappa shape index (κ3) is 3.35. The molecule has 2 aromatic carbocycles. The lowest BCUT2D eigenvalue weighted by Crippen LogP contribution is -2.43. The van der Waals surface area contributed by atoms with Crippen molar-refractivity contribution in [3.63, 3.8) is 0 Å². The number of aliphatic hydroxyl groups is 1. The summed E-state index contributed by atoms with van der Waals surface area (Å²) in [5, 5.41) is 10.9. The van der Waals surface area contributed by atoms with Gasteiger partial charge in [0.1, 0.15) is 5.82 Å². The molecule has 0 radical (unpaired) electrons. The van der Waals surface area contributed by atoms with E-state index in [1.807, 2.05) is 0 Å². The predicted molar refractivity (Wildman–Crippen MR) is 90.6 cm³/mol. The van der Waals surface area contributed by atoms with Crippen molar-refractivity contribution in [3.8, 4) is 0 Å².